The molecule has 1 amide bonds. The van der Waals surface area contributed by atoms with E-state index in [0.717, 1.165) is 15.6 Å². The van der Waals surface area contributed by atoms with Crippen molar-refractivity contribution < 1.29 is 13.9 Å². The number of halogens is 1. The number of aryl methyl sites for hydroxylation is 1. The molecule has 0 aliphatic heterocycles. The molecule has 0 saturated carbocycles. The SMILES string of the molecule is Cc1ccccc1-c1nc2cc(NC(=O)C(C)(C)Oc3ccc(Br)cc3)ccc2o1. The van der Waals surface area contributed by atoms with Crippen LogP contribution in [0.25, 0.3) is 22.6 Å². The smallest absolute Gasteiger partial charge is 0.267 e. The van der Waals surface area contributed by atoms with Crippen molar-refractivity contribution in [3.05, 3.63) is 76.8 Å². The molecule has 6 heteroatoms. The van der Waals surface area contributed by atoms with Gasteiger partial charge in [0.25, 0.3) is 5.91 Å². The largest absolute Gasteiger partial charge is 0.478 e. The summed E-state index contributed by atoms with van der Waals surface area (Å²) < 4.78 is 12.7. The van der Waals surface area contributed by atoms with Gasteiger partial charge in [0, 0.05) is 15.7 Å². The Bertz CT molecular complexity index is 1210. The van der Waals surface area contributed by atoms with E-state index in [4.69, 9.17) is 9.15 Å². The van der Waals surface area contributed by atoms with Gasteiger partial charge in [0.15, 0.2) is 11.2 Å². The third-order valence-corrected chi connectivity index (χ3v) is 5.28. The van der Waals surface area contributed by atoms with Crippen LogP contribution in [0.1, 0.15) is 19.4 Å². The minimum Gasteiger partial charge on any atom is -0.478 e. The Balaban J connectivity index is 1.53. The molecule has 4 aromatic rings. The highest BCUT2D eigenvalue weighted by atomic mass is 79.9. The molecule has 0 atom stereocenters. The van der Waals surface area contributed by atoms with Crippen LogP contribution in [0, 0.1) is 6.92 Å². The number of nitrogens with zero attached hydrogens (tertiary/aromatic N) is 1. The summed E-state index contributed by atoms with van der Waals surface area (Å²) in [4.78, 5) is 17.4. The number of ether oxygens (including phenoxy) is 1. The Morgan fingerprint density at radius 1 is 1.07 bits per heavy atom. The van der Waals surface area contributed by atoms with Gasteiger partial charge in [0.2, 0.25) is 5.89 Å². The number of aromatic nitrogens is 1. The Hall–Kier alpha value is -3.12. The van der Waals surface area contributed by atoms with Crippen LogP contribution in [0.4, 0.5) is 5.69 Å². The lowest BCUT2D eigenvalue weighted by Gasteiger charge is -2.25. The van der Waals surface area contributed by atoms with Crippen molar-refractivity contribution in [1.82, 2.24) is 4.98 Å². The van der Waals surface area contributed by atoms with E-state index in [-0.39, 0.29) is 5.91 Å². The highest BCUT2D eigenvalue weighted by molar-refractivity contribution is 9.10. The summed E-state index contributed by atoms with van der Waals surface area (Å²) in [6.07, 6.45) is 0. The molecule has 0 fully saturated rings. The lowest BCUT2D eigenvalue weighted by atomic mass is 10.1. The molecule has 0 unspecified atom stereocenters. The first-order valence-electron chi connectivity index (χ1n) is 9.54. The van der Waals surface area contributed by atoms with E-state index in [2.05, 4.69) is 26.2 Å². The van der Waals surface area contributed by atoms with E-state index < -0.39 is 5.60 Å². The van der Waals surface area contributed by atoms with Gasteiger partial charge in [-0.05, 0) is 74.9 Å². The van der Waals surface area contributed by atoms with Crippen LogP contribution < -0.4 is 10.1 Å². The average molecular weight is 465 g/mol. The number of amides is 1. The summed E-state index contributed by atoms with van der Waals surface area (Å²) in [6, 6.07) is 20.7. The number of fused-ring (bicyclic) bond motifs is 1. The lowest BCUT2D eigenvalue weighted by molar-refractivity contribution is -0.128. The Kier molecular flexibility index (Phi) is 5.35. The van der Waals surface area contributed by atoms with Crippen molar-refractivity contribution in [1.29, 1.82) is 0 Å². The van der Waals surface area contributed by atoms with Crippen molar-refractivity contribution in [2.75, 3.05) is 5.32 Å². The van der Waals surface area contributed by atoms with Crippen LogP contribution in [-0.4, -0.2) is 16.5 Å². The summed E-state index contributed by atoms with van der Waals surface area (Å²) in [5, 5.41) is 2.91. The predicted molar refractivity (Wildman–Crippen MR) is 122 cm³/mol. The number of benzene rings is 3. The summed E-state index contributed by atoms with van der Waals surface area (Å²) in [5.41, 5.74) is 2.95. The highest BCUT2D eigenvalue weighted by Gasteiger charge is 2.30. The van der Waals surface area contributed by atoms with E-state index in [9.17, 15) is 4.79 Å². The zero-order valence-electron chi connectivity index (χ0n) is 16.9. The summed E-state index contributed by atoms with van der Waals surface area (Å²) >= 11 is 3.39. The molecule has 3 aromatic carbocycles. The molecule has 1 heterocycles. The van der Waals surface area contributed by atoms with Crippen LogP contribution >= 0.6 is 15.9 Å². The fourth-order valence-electron chi connectivity index (χ4n) is 3.06. The van der Waals surface area contributed by atoms with Gasteiger partial charge >= 0.3 is 0 Å². The lowest BCUT2D eigenvalue weighted by Crippen LogP contribution is -2.42. The number of oxazole rings is 1. The van der Waals surface area contributed by atoms with Crippen molar-refractivity contribution in [2.45, 2.75) is 26.4 Å². The topological polar surface area (TPSA) is 64.4 Å². The summed E-state index contributed by atoms with van der Waals surface area (Å²) in [6.45, 7) is 5.48. The molecule has 4 rings (SSSR count). The first kappa shape index (κ1) is 20.2. The van der Waals surface area contributed by atoms with Gasteiger partial charge in [-0.1, -0.05) is 34.1 Å². The predicted octanol–water partition coefficient (Wildman–Crippen LogP) is 6.36. The van der Waals surface area contributed by atoms with E-state index in [1.165, 1.54) is 0 Å². The van der Waals surface area contributed by atoms with Crippen LogP contribution in [-0.2, 0) is 4.79 Å². The maximum atomic E-state index is 12.8. The maximum absolute atomic E-state index is 12.8. The molecule has 0 spiro atoms. The maximum Gasteiger partial charge on any atom is 0.267 e. The molecule has 0 aliphatic rings. The second-order valence-corrected chi connectivity index (χ2v) is 8.45. The number of rotatable bonds is 5. The second-order valence-electron chi connectivity index (χ2n) is 7.54. The molecule has 5 nitrogen and oxygen atoms in total. The van der Waals surface area contributed by atoms with E-state index in [0.29, 0.717) is 28.4 Å². The quantitative estimate of drug-likeness (QED) is 0.373. The highest BCUT2D eigenvalue weighted by Crippen LogP contribution is 2.29. The zero-order valence-corrected chi connectivity index (χ0v) is 18.5. The first-order chi connectivity index (χ1) is 14.3. The van der Waals surface area contributed by atoms with Gasteiger partial charge < -0.3 is 14.5 Å². The van der Waals surface area contributed by atoms with Gasteiger partial charge in [0.1, 0.15) is 11.3 Å². The number of carbonyl (C=O) groups is 1. The monoisotopic (exact) mass is 464 g/mol. The molecule has 1 N–H and O–H groups in total. The van der Waals surface area contributed by atoms with Crippen molar-refractivity contribution >= 4 is 38.6 Å². The fraction of sp³-hybridized carbons (Fsp3) is 0.167. The van der Waals surface area contributed by atoms with Crippen molar-refractivity contribution in [3.8, 4) is 17.2 Å². The third kappa shape index (κ3) is 4.24. The molecular formula is C24H21BrN2O3. The minimum atomic E-state index is -1.06. The third-order valence-electron chi connectivity index (χ3n) is 4.75. The number of anilines is 1. The standard InChI is InChI=1S/C24H21BrN2O3/c1-15-6-4-5-7-19(15)22-27-20-14-17(10-13-21(20)29-22)26-23(28)24(2,3)30-18-11-8-16(25)9-12-18/h4-14H,1-3H3,(H,26,28). The van der Waals surface area contributed by atoms with Crippen molar-refractivity contribution in [3.63, 3.8) is 0 Å². The Labute approximate surface area is 183 Å². The van der Waals surface area contributed by atoms with Gasteiger partial charge in [-0.15, -0.1) is 0 Å². The normalized spacial score (nSPS) is 11.5. The van der Waals surface area contributed by atoms with Crippen LogP contribution in [0.15, 0.2) is 75.6 Å². The molecule has 30 heavy (non-hydrogen) atoms. The molecule has 0 saturated heterocycles. The van der Waals surface area contributed by atoms with Gasteiger partial charge in [0.05, 0.1) is 0 Å². The molecule has 152 valence electrons. The van der Waals surface area contributed by atoms with Crippen LogP contribution in [0.3, 0.4) is 0 Å². The van der Waals surface area contributed by atoms with Crippen LogP contribution in [0.2, 0.25) is 0 Å². The fourth-order valence-corrected chi connectivity index (χ4v) is 3.32. The second kappa shape index (κ2) is 7.95. The zero-order chi connectivity index (χ0) is 21.3. The van der Waals surface area contributed by atoms with Crippen molar-refractivity contribution in [2.24, 2.45) is 0 Å². The molecule has 1 aromatic heterocycles. The number of nitrogens with one attached hydrogen (secondary N) is 1. The first-order valence-corrected chi connectivity index (χ1v) is 10.3. The van der Waals surface area contributed by atoms with E-state index in [1.54, 1.807) is 26.0 Å². The van der Waals surface area contributed by atoms with Gasteiger partial charge in [-0.25, -0.2) is 4.98 Å². The molecule has 0 aliphatic carbocycles. The Morgan fingerprint density at radius 3 is 2.53 bits per heavy atom. The number of hydrogen-bond acceptors (Lipinski definition) is 4. The summed E-state index contributed by atoms with van der Waals surface area (Å²) in [5.74, 6) is 0.922. The van der Waals surface area contributed by atoms with E-state index >= 15 is 0 Å². The van der Waals surface area contributed by atoms with E-state index in [1.807, 2.05) is 61.5 Å². The van der Waals surface area contributed by atoms with Gasteiger partial charge in [-0.2, -0.15) is 0 Å². The Morgan fingerprint density at radius 2 is 1.80 bits per heavy atom. The molecule has 0 bridgehead atoms. The molecule has 0 radical (unpaired) electrons. The average Bonchev–Trinajstić information content (AvgIpc) is 3.13. The summed E-state index contributed by atoms with van der Waals surface area (Å²) in [7, 11) is 0. The number of carbonyl (C=O) groups excluding carboxylic acids is 1. The van der Waals surface area contributed by atoms with Crippen LogP contribution in [0.5, 0.6) is 5.75 Å². The van der Waals surface area contributed by atoms with Gasteiger partial charge in [-0.3, -0.25) is 4.79 Å². The number of hydrogen-bond donors (Lipinski definition) is 1. The minimum absolute atomic E-state index is 0.257. The molecular weight excluding hydrogens is 444 g/mol.